The smallest absolute Gasteiger partial charge is 0.264 e. The van der Waals surface area contributed by atoms with E-state index in [1.165, 1.54) is 0 Å². The van der Waals surface area contributed by atoms with Crippen molar-refractivity contribution in [2.45, 2.75) is 6.92 Å². The third kappa shape index (κ3) is 2.69. The van der Waals surface area contributed by atoms with E-state index in [0.29, 0.717) is 5.56 Å². The van der Waals surface area contributed by atoms with Crippen molar-refractivity contribution < 1.29 is 5.11 Å². The Balaban J connectivity index is 2.00. The standard InChI is InChI=1S/C17H15N3O2/c1-11-7-5-6-10-13(11)18-17-19-15(21)14(16(22)20-17)12-8-3-2-4-9-12/h2-10H,1H3,(H3,18,19,20,21,22). The Morgan fingerprint density at radius 2 is 1.73 bits per heavy atom. The second-order valence-corrected chi connectivity index (χ2v) is 4.92. The highest BCUT2D eigenvalue weighted by Gasteiger charge is 2.13. The largest absolute Gasteiger partial charge is 0.493 e. The summed E-state index contributed by atoms with van der Waals surface area (Å²) in [5.74, 6) is -0.0949. The molecule has 0 amide bonds. The minimum Gasteiger partial charge on any atom is -0.493 e. The number of H-pyrrole nitrogens is 1. The SMILES string of the molecule is Cc1ccccc1Nc1nc(O)c(-c2ccccc2)c(=O)[nH]1. The van der Waals surface area contributed by atoms with E-state index in [-0.39, 0.29) is 17.4 Å². The third-order valence-electron chi connectivity index (χ3n) is 3.36. The number of aromatic amines is 1. The van der Waals surface area contributed by atoms with Crippen LogP contribution in [-0.4, -0.2) is 15.1 Å². The molecule has 1 aromatic heterocycles. The highest BCUT2D eigenvalue weighted by atomic mass is 16.3. The van der Waals surface area contributed by atoms with Crippen LogP contribution in [-0.2, 0) is 0 Å². The number of anilines is 2. The lowest BCUT2D eigenvalue weighted by atomic mass is 10.1. The molecule has 0 aliphatic rings. The minimum atomic E-state index is -0.394. The summed E-state index contributed by atoms with van der Waals surface area (Å²) >= 11 is 0. The first-order valence-corrected chi connectivity index (χ1v) is 6.86. The number of rotatable bonds is 3. The molecule has 0 atom stereocenters. The number of hydrogen-bond donors (Lipinski definition) is 3. The van der Waals surface area contributed by atoms with Gasteiger partial charge in [-0.2, -0.15) is 4.98 Å². The lowest BCUT2D eigenvalue weighted by molar-refractivity contribution is 0.454. The third-order valence-corrected chi connectivity index (χ3v) is 3.36. The average Bonchev–Trinajstić information content (AvgIpc) is 2.50. The zero-order chi connectivity index (χ0) is 15.5. The molecule has 110 valence electrons. The first-order chi connectivity index (χ1) is 10.6. The van der Waals surface area contributed by atoms with Gasteiger partial charge in [-0.1, -0.05) is 48.5 Å². The molecule has 22 heavy (non-hydrogen) atoms. The zero-order valence-corrected chi connectivity index (χ0v) is 12.0. The van der Waals surface area contributed by atoms with Gasteiger partial charge in [0.15, 0.2) is 0 Å². The molecule has 0 saturated carbocycles. The molecule has 5 nitrogen and oxygen atoms in total. The molecule has 3 N–H and O–H groups in total. The summed E-state index contributed by atoms with van der Waals surface area (Å²) in [5.41, 5.74) is 2.22. The van der Waals surface area contributed by atoms with Gasteiger partial charge in [-0.05, 0) is 24.1 Å². The number of aromatic nitrogens is 2. The summed E-state index contributed by atoms with van der Waals surface area (Å²) in [7, 11) is 0. The van der Waals surface area contributed by atoms with E-state index in [4.69, 9.17) is 0 Å². The lowest BCUT2D eigenvalue weighted by Gasteiger charge is -2.10. The maximum atomic E-state index is 12.2. The van der Waals surface area contributed by atoms with E-state index in [1.807, 2.05) is 37.3 Å². The Morgan fingerprint density at radius 3 is 2.41 bits per heavy atom. The van der Waals surface area contributed by atoms with E-state index in [2.05, 4.69) is 15.3 Å². The van der Waals surface area contributed by atoms with Crippen LogP contribution in [0.15, 0.2) is 59.4 Å². The molecule has 0 fully saturated rings. The van der Waals surface area contributed by atoms with Gasteiger partial charge in [0, 0.05) is 5.69 Å². The first kappa shape index (κ1) is 13.9. The van der Waals surface area contributed by atoms with Crippen molar-refractivity contribution in [3.8, 4) is 17.0 Å². The molecule has 0 aliphatic heterocycles. The fourth-order valence-corrected chi connectivity index (χ4v) is 2.23. The monoisotopic (exact) mass is 293 g/mol. The van der Waals surface area contributed by atoms with Crippen LogP contribution in [0.4, 0.5) is 11.6 Å². The highest BCUT2D eigenvalue weighted by molar-refractivity contribution is 5.68. The Kier molecular flexibility index (Phi) is 3.62. The van der Waals surface area contributed by atoms with Gasteiger partial charge in [0.25, 0.3) is 5.56 Å². The summed E-state index contributed by atoms with van der Waals surface area (Å²) in [6.07, 6.45) is 0. The van der Waals surface area contributed by atoms with E-state index in [9.17, 15) is 9.90 Å². The van der Waals surface area contributed by atoms with Crippen molar-refractivity contribution in [3.05, 3.63) is 70.5 Å². The van der Waals surface area contributed by atoms with Crippen molar-refractivity contribution in [1.29, 1.82) is 0 Å². The second kappa shape index (κ2) is 5.73. The van der Waals surface area contributed by atoms with Crippen molar-refractivity contribution in [2.24, 2.45) is 0 Å². The molecule has 0 unspecified atom stereocenters. The van der Waals surface area contributed by atoms with Crippen molar-refractivity contribution in [1.82, 2.24) is 9.97 Å². The van der Waals surface area contributed by atoms with Crippen molar-refractivity contribution in [2.75, 3.05) is 5.32 Å². The van der Waals surface area contributed by atoms with Gasteiger partial charge >= 0.3 is 0 Å². The normalized spacial score (nSPS) is 10.4. The summed E-state index contributed by atoms with van der Waals surface area (Å²) in [5, 5.41) is 13.1. The lowest BCUT2D eigenvalue weighted by Crippen LogP contribution is -2.13. The molecule has 0 bridgehead atoms. The quantitative estimate of drug-likeness (QED) is 0.693. The molecule has 5 heteroatoms. The Bertz CT molecular complexity index is 857. The predicted molar refractivity (Wildman–Crippen MR) is 86.4 cm³/mol. The molecule has 3 aromatic rings. The summed E-state index contributed by atoms with van der Waals surface area (Å²) in [4.78, 5) is 18.9. The van der Waals surface area contributed by atoms with Gasteiger partial charge in [-0.15, -0.1) is 0 Å². The molecule has 0 saturated heterocycles. The van der Waals surface area contributed by atoms with E-state index in [1.54, 1.807) is 24.3 Å². The van der Waals surface area contributed by atoms with Gasteiger partial charge in [0.1, 0.15) is 5.56 Å². The molecule has 0 radical (unpaired) electrons. The summed E-state index contributed by atoms with van der Waals surface area (Å²) in [6.45, 7) is 1.94. The Labute approximate surface area is 127 Å². The van der Waals surface area contributed by atoms with Crippen LogP contribution in [0.25, 0.3) is 11.1 Å². The summed E-state index contributed by atoms with van der Waals surface area (Å²) < 4.78 is 0. The van der Waals surface area contributed by atoms with E-state index in [0.717, 1.165) is 11.3 Å². The number of nitrogens with zero attached hydrogens (tertiary/aromatic N) is 1. The van der Waals surface area contributed by atoms with Crippen molar-refractivity contribution in [3.63, 3.8) is 0 Å². The maximum absolute atomic E-state index is 12.2. The van der Waals surface area contributed by atoms with Crippen LogP contribution >= 0.6 is 0 Å². The van der Waals surface area contributed by atoms with Gasteiger partial charge in [0.2, 0.25) is 11.8 Å². The summed E-state index contributed by atoms with van der Waals surface area (Å²) in [6, 6.07) is 16.6. The first-order valence-electron chi connectivity index (χ1n) is 6.86. The van der Waals surface area contributed by atoms with Gasteiger partial charge in [0.05, 0.1) is 0 Å². The zero-order valence-electron chi connectivity index (χ0n) is 12.0. The average molecular weight is 293 g/mol. The van der Waals surface area contributed by atoms with Crippen LogP contribution in [0.1, 0.15) is 5.56 Å². The number of aryl methyl sites for hydroxylation is 1. The van der Waals surface area contributed by atoms with Crippen LogP contribution in [0.3, 0.4) is 0 Å². The minimum absolute atomic E-state index is 0.163. The second-order valence-electron chi connectivity index (χ2n) is 4.92. The van der Waals surface area contributed by atoms with Gasteiger partial charge < -0.3 is 10.4 Å². The van der Waals surface area contributed by atoms with E-state index >= 15 is 0 Å². The van der Waals surface area contributed by atoms with E-state index < -0.39 is 5.56 Å². The molecule has 2 aromatic carbocycles. The van der Waals surface area contributed by atoms with Crippen LogP contribution in [0, 0.1) is 6.92 Å². The van der Waals surface area contributed by atoms with Gasteiger partial charge in [-0.25, -0.2) is 0 Å². The number of aromatic hydroxyl groups is 1. The van der Waals surface area contributed by atoms with Gasteiger partial charge in [-0.3, -0.25) is 9.78 Å². The van der Waals surface area contributed by atoms with Crippen LogP contribution < -0.4 is 10.9 Å². The number of benzene rings is 2. The Hall–Kier alpha value is -3.08. The predicted octanol–water partition coefficient (Wildman–Crippen LogP) is 3.19. The number of hydrogen-bond acceptors (Lipinski definition) is 4. The fourth-order valence-electron chi connectivity index (χ4n) is 2.23. The molecule has 0 aliphatic carbocycles. The van der Waals surface area contributed by atoms with Crippen LogP contribution in [0.5, 0.6) is 5.88 Å². The highest BCUT2D eigenvalue weighted by Crippen LogP contribution is 2.25. The molecule has 3 rings (SSSR count). The maximum Gasteiger partial charge on any atom is 0.264 e. The Morgan fingerprint density at radius 1 is 1.05 bits per heavy atom. The molecular weight excluding hydrogens is 278 g/mol. The topological polar surface area (TPSA) is 78.0 Å². The number of para-hydroxylation sites is 1. The molecule has 0 spiro atoms. The molecule has 1 heterocycles. The fraction of sp³-hybridized carbons (Fsp3) is 0.0588. The molecular formula is C17H15N3O2. The number of nitrogens with one attached hydrogen (secondary N) is 2. The van der Waals surface area contributed by atoms with Crippen molar-refractivity contribution >= 4 is 11.6 Å². The van der Waals surface area contributed by atoms with Crippen LogP contribution in [0.2, 0.25) is 0 Å².